The lowest BCUT2D eigenvalue weighted by molar-refractivity contribution is 0.0792. The SMILES string of the molecule is CCOCn1cc(NC(=O)c2ccn(COc3c(Cl)cccc3Cl)n2)cn1. The zero-order valence-corrected chi connectivity index (χ0v) is 15.9. The molecule has 1 aromatic carbocycles. The predicted octanol–water partition coefficient (Wildman–Crippen LogP) is 3.67. The molecule has 10 heteroatoms. The second-order valence-electron chi connectivity index (χ2n) is 5.41. The first-order valence-corrected chi connectivity index (χ1v) is 8.84. The Morgan fingerprint density at radius 2 is 1.96 bits per heavy atom. The molecule has 0 saturated heterocycles. The van der Waals surface area contributed by atoms with Gasteiger partial charge in [-0.05, 0) is 25.1 Å². The second kappa shape index (κ2) is 8.90. The van der Waals surface area contributed by atoms with Gasteiger partial charge in [-0.15, -0.1) is 0 Å². The van der Waals surface area contributed by atoms with E-state index in [9.17, 15) is 4.79 Å². The van der Waals surface area contributed by atoms with Gasteiger partial charge in [0.05, 0.1) is 28.1 Å². The van der Waals surface area contributed by atoms with Crippen molar-refractivity contribution >= 4 is 34.8 Å². The third kappa shape index (κ3) is 5.00. The van der Waals surface area contributed by atoms with Crippen LogP contribution in [0.2, 0.25) is 10.0 Å². The van der Waals surface area contributed by atoms with Gasteiger partial charge in [0.1, 0.15) is 6.73 Å². The van der Waals surface area contributed by atoms with Crippen molar-refractivity contribution in [1.82, 2.24) is 19.6 Å². The molecule has 2 heterocycles. The van der Waals surface area contributed by atoms with Crippen LogP contribution in [0.1, 0.15) is 17.4 Å². The average molecular weight is 410 g/mol. The van der Waals surface area contributed by atoms with Gasteiger partial charge in [0.2, 0.25) is 0 Å². The summed E-state index contributed by atoms with van der Waals surface area (Å²) in [6.45, 7) is 2.86. The van der Waals surface area contributed by atoms with Gasteiger partial charge in [0, 0.05) is 12.8 Å². The van der Waals surface area contributed by atoms with Crippen LogP contribution in [0.15, 0.2) is 42.9 Å². The molecule has 1 N–H and O–H groups in total. The zero-order valence-electron chi connectivity index (χ0n) is 14.4. The van der Waals surface area contributed by atoms with Gasteiger partial charge in [-0.3, -0.25) is 4.79 Å². The largest absolute Gasteiger partial charge is 0.468 e. The third-order valence-electron chi connectivity index (χ3n) is 3.45. The molecule has 0 unspecified atom stereocenters. The maximum atomic E-state index is 12.3. The normalized spacial score (nSPS) is 10.8. The Bertz CT molecular complexity index is 905. The van der Waals surface area contributed by atoms with Gasteiger partial charge in [-0.25, -0.2) is 9.36 Å². The Hall–Kier alpha value is -2.55. The number of rotatable bonds is 8. The number of benzene rings is 1. The first kappa shape index (κ1) is 19.2. The van der Waals surface area contributed by atoms with Gasteiger partial charge in [-0.1, -0.05) is 29.3 Å². The van der Waals surface area contributed by atoms with Crippen molar-refractivity contribution in [3.63, 3.8) is 0 Å². The summed E-state index contributed by atoms with van der Waals surface area (Å²) in [6.07, 6.45) is 4.83. The van der Waals surface area contributed by atoms with Crippen LogP contribution in [0.3, 0.4) is 0 Å². The average Bonchev–Trinajstić information content (AvgIpc) is 3.29. The Labute approximate surface area is 165 Å². The molecule has 142 valence electrons. The van der Waals surface area contributed by atoms with Gasteiger partial charge >= 0.3 is 0 Å². The minimum Gasteiger partial charge on any atom is -0.468 e. The van der Waals surface area contributed by atoms with E-state index in [-0.39, 0.29) is 18.3 Å². The van der Waals surface area contributed by atoms with Crippen LogP contribution in [0.5, 0.6) is 5.75 Å². The Balaban J connectivity index is 1.58. The first-order chi connectivity index (χ1) is 13.1. The lowest BCUT2D eigenvalue weighted by Gasteiger charge is -2.09. The molecule has 1 amide bonds. The number of hydrogen-bond acceptors (Lipinski definition) is 5. The van der Waals surface area contributed by atoms with Crippen LogP contribution in [-0.2, 0) is 18.2 Å². The number of halogens is 2. The second-order valence-corrected chi connectivity index (χ2v) is 6.22. The van der Waals surface area contributed by atoms with Crippen molar-refractivity contribution in [2.45, 2.75) is 20.4 Å². The topological polar surface area (TPSA) is 83.2 Å². The van der Waals surface area contributed by atoms with Crippen molar-refractivity contribution in [2.24, 2.45) is 0 Å². The van der Waals surface area contributed by atoms with Crippen LogP contribution >= 0.6 is 23.2 Å². The molecule has 0 aliphatic rings. The minimum atomic E-state index is -0.361. The van der Waals surface area contributed by atoms with E-state index < -0.39 is 0 Å². The lowest BCUT2D eigenvalue weighted by Crippen LogP contribution is -2.14. The summed E-state index contributed by atoms with van der Waals surface area (Å²) in [4.78, 5) is 12.3. The van der Waals surface area contributed by atoms with E-state index in [4.69, 9.17) is 32.7 Å². The van der Waals surface area contributed by atoms with E-state index in [1.165, 1.54) is 10.9 Å². The van der Waals surface area contributed by atoms with Crippen LogP contribution in [-0.4, -0.2) is 32.1 Å². The third-order valence-corrected chi connectivity index (χ3v) is 4.05. The molecule has 3 aromatic rings. The predicted molar refractivity (Wildman–Crippen MR) is 101 cm³/mol. The molecule has 0 atom stereocenters. The summed E-state index contributed by atoms with van der Waals surface area (Å²) >= 11 is 12.1. The Morgan fingerprint density at radius 1 is 1.19 bits per heavy atom. The van der Waals surface area contributed by atoms with Crippen LogP contribution in [0, 0.1) is 0 Å². The maximum absolute atomic E-state index is 12.3. The Kier molecular flexibility index (Phi) is 6.33. The van der Waals surface area contributed by atoms with Crippen molar-refractivity contribution in [1.29, 1.82) is 0 Å². The summed E-state index contributed by atoms with van der Waals surface area (Å²) < 4.78 is 13.9. The first-order valence-electron chi connectivity index (χ1n) is 8.08. The maximum Gasteiger partial charge on any atom is 0.276 e. The lowest BCUT2D eigenvalue weighted by atomic mass is 10.3. The molecular formula is C17H17Cl2N5O3. The Morgan fingerprint density at radius 3 is 2.70 bits per heavy atom. The summed E-state index contributed by atoms with van der Waals surface area (Å²) in [5.41, 5.74) is 0.787. The molecule has 0 saturated carbocycles. The molecule has 0 aliphatic heterocycles. The highest BCUT2D eigenvalue weighted by Crippen LogP contribution is 2.32. The number of amides is 1. The molecule has 0 bridgehead atoms. The number of hydrogen-bond donors (Lipinski definition) is 1. The number of nitrogens with one attached hydrogen (secondary N) is 1. The summed E-state index contributed by atoms with van der Waals surface area (Å²) in [6, 6.07) is 6.66. The smallest absolute Gasteiger partial charge is 0.276 e. The van der Waals surface area contributed by atoms with Crippen molar-refractivity contribution < 1.29 is 14.3 Å². The molecule has 0 spiro atoms. The van der Waals surface area contributed by atoms with E-state index in [1.807, 2.05) is 6.92 Å². The highest BCUT2D eigenvalue weighted by Gasteiger charge is 2.12. The molecule has 8 nitrogen and oxygen atoms in total. The number of carbonyl (C=O) groups excluding carboxylic acids is 1. The van der Waals surface area contributed by atoms with E-state index in [0.29, 0.717) is 34.8 Å². The van der Waals surface area contributed by atoms with Crippen LogP contribution in [0.4, 0.5) is 5.69 Å². The summed E-state index contributed by atoms with van der Waals surface area (Å²) in [5, 5.41) is 11.8. The molecule has 0 radical (unpaired) electrons. The molecule has 3 rings (SSSR count). The summed E-state index contributed by atoms with van der Waals surface area (Å²) in [7, 11) is 0. The number of anilines is 1. The van der Waals surface area contributed by atoms with Crippen molar-refractivity contribution in [2.75, 3.05) is 11.9 Å². The molecule has 27 heavy (non-hydrogen) atoms. The van der Waals surface area contributed by atoms with Crippen molar-refractivity contribution in [3.05, 3.63) is 58.6 Å². The van der Waals surface area contributed by atoms with Gasteiger partial charge in [0.25, 0.3) is 5.91 Å². The fourth-order valence-corrected chi connectivity index (χ4v) is 2.69. The zero-order chi connectivity index (χ0) is 19.2. The fourth-order valence-electron chi connectivity index (χ4n) is 2.18. The number of nitrogens with zero attached hydrogens (tertiary/aromatic N) is 4. The van der Waals surface area contributed by atoms with Crippen LogP contribution in [0.25, 0.3) is 0 Å². The number of carbonyl (C=O) groups is 1. The van der Waals surface area contributed by atoms with Gasteiger partial charge in [0.15, 0.2) is 18.2 Å². The minimum absolute atomic E-state index is 0.0586. The number of ether oxygens (including phenoxy) is 2. The highest BCUT2D eigenvalue weighted by molar-refractivity contribution is 6.37. The standard InChI is InChI=1S/C17H17Cl2N5O3/c1-2-26-10-24-9-12(8-20-24)21-17(25)15-6-7-23(22-15)11-27-16-13(18)4-3-5-14(16)19/h3-9H,2,10-11H2,1H3,(H,21,25). The molecule has 0 fully saturated rings. The molecule has 0 aliphatic carbocycles. The number of aromatic nitrogens is 4. The van der Waals surface area contributed by atoms with E-state index in [1.54, 1.807) is 41.3 Å². The molecular weight excluding hydrogens is 393 g/mol. The van der Waals surface area contributed by atoms with E-state index in [0.717, 1.165) is 0 Å². The van der Waals surface area contributed by atoms with Crippen LogP contribution < -0.4 is 10.1 Å². The molecule has 2 aromatic heterocycles. The van der Waals surface area contributed by atoms with Gasteiger partial charge in [-0.2, -0.15) is 10.2 Å². The highest BCUT2D eigenvalue weighted by atomic mass is 35.5. The van der Waals surface area contributed by atoms with E-state index in [2.05, 4.69) is 15.5 Å². The quantitative estimate of drug-likeness (QED) is 0.613. The van der Waals surface area contributed by atoms with Crippen molar-refractivity contribution in [3.8, 4) is 5.75 Å². The number of para-hydroxylation sites is 1. The van der Waals surface area contributed by atoms with Gasteiger partial charge < -0.3 is 14.8 Å². The fraction of sp³-hybridized carbons (Fsp3) is 0.235. The van der Waals surface area contributed by atoms with E-state index >= 15 is 0 Å². The monoisotopic (exact) mass is 409 g/mol. The summed E-state index contributed by atoms with van der Waals surface area (Å²) in [5.74, 6) is 0.00420.